The summed E-state index contributed by atoms with van der Waals surface area (Å²) in [5.74, 6) is 0.384. The summed E-state index contributed by atoms with van der Waals surface area (Å²) in [5.41, 5.74) is 1.33. The van der Waals surface area contributed by atoms with Gasteiger partial charge in [0.2, 0.25) is 10.0 Å². The van der Waals surface area contributed by atoms with Crippen molar-refractivity contribution in [1.29, 1.82) is 0 Å². The second-order valence-corrected chi connectivity index (χ2v) is 10.6. The Balaban J connectivity index is 1.79. The maximum absolute atomic E-state index is 13.5. The maximum atomic E-state index is 13.5. The van der Waals surface area contributed by atoms with Crippen LogP contribution in [0.15, 0.2) is 71.5 Å². The standard InChI is InChI=1S/C22H18Cl2N2O3S/c23-16-8-4-14(5-9-16)21-22(15-6-10-17(24)11-7-15)26(30(28,29)18-12-13-18)19-2-1-3-20(27)25(19)21/h1-11,18,21-22H,12-13H2/t21-,22+/m0/s1. The van der Waals surface area contributed by atoms with E-state index in [0.717, 1.165) is 11.1 Å². The molecule has 0 unspecified atom stereocenters. The highest BCUT2D eigenvalue weighted by atomic mass is 35.5. The van der Waals surface area contributed by atoms with Crippen LogP contribution in [-0.2, 0) is 10.0 Å². The molecule has 0 saturated heterocycles. The number of halogens is 2. The Morgan fingerprint density at radius 3 is 1.83 bits per heavy atom. The Morgan fingerprint density at radius 1 is 0.767 bits per heavy atom. The molecule has 30 heavy (non-hydrogen) atoms. The van der Waals surface area contributed by atoms with Crippen LogP contribution in [0.3, 0.4) is 0 Å². The molecular formula is C22H18Cl2N2O3S. The summed E-state index contributed by atoms with van der Waals surface area (Å²) in [6.45, 7) is 0. The van der Waals surface area contributed by atoms with Crippen molar-refractivity contribution in [3.63, 3.8) is 0 Å². The van der Waals surface area contributed by atoms with E-state index in [9.17, 15) is 13.2 Å². The summed E-state index contributed by atoms with van der Waals surface area (Å²) in [5, 5.41) is 0.717. The zero-order chi connectivity index (χ0) is 21.0. The summed E-state index contributed by atoms with van der Waals surface area (Å²) in [4.78, 5) is 12.9. The van der Waals surface area contributed by atoms with E-state index in [4.69, 9.17) is 23.2 Å². The number of fused-ring (bicyclic) bond motifs is 1. The fourth-order valence-electron chi connectivity index (χ4n) is 4.15. The molecule has 3 aromatic rings. The fourth-order valence-corrected chi connectivity index (χ4v) is 6.41. The molecule has 0 bridgehead atoms. The van der Waals surface area contributed by atoms with Gasteiger partial charge in [-0.3, -0.25) is 9.36 Å². The predicted molar refractivity (Wildman–Crippen MR) is 119 cm³/mol. The van der Waals surface area contributed by atoms with Crippen molar-refractivity contribution in [2.45, 2.75) is 30.2 Å². The van der Waals surface area contributed by atoms with E-state index in [1.165, 1.54) is 10.4 Å². The molecule has 2 aromatic carbocycles. The molecule has 2 atom stereocenters. The van der Waals surface area contributed by atoms with Crippen LogP contribution < -0.4 is 9.86 Å². The number of hydrogen-bond acceptors (Lipinski definition) is 3. The molecule has 154 valence electrons. The third-order valence-electron chi connectivity index (χ3n) is 5.67. The van der Waals surface area contributed by atoms with Gasteiger partial charge in [0, 0.05) is 16.1 Å². The third kappa shape index (κ3) is 3.14. The zero-order valence-corrected chi connectivity index (χ0v) is 18.1. The maximum Gasteiger partial charge on any atom is 0.252 e. The molecule has 5 rings (SSSR count). The molecule has 0 spiro atoms. The van der Waals surface area contributed by atoms with Gasteiger partial charge in [-0.15, -0.1) is 0 Å². The Bertz CT molecular complexity index is 1270. The smallest absolute Gasteiger partial charge is 0.252 e. The van der Waals surface area contributed by atoms with E-state index in [1.54, 1.807) is 41.0 Å². The lowest BCUT2D eigenvalue weighted by atomic mass is 9.94. The molecule has 2 aliphatic rings. The van der Waals surface area contributed by atoms with Crippen molar-refractivity contribution in [2.75, 3.05) is 4.31 Å². The van der Waals surface area contributed by atoms with Gasteiger partial charge in [0.25, 0.3) is 5.56 Å². The van der Waals surface area contributed by atoms with Crippen LogP contribution in [0.5, 0.6) is 0 Å². The Kier molecular flexibility index (Phi) is 4.69. The van der Waals surface area contributed by atoms with Crippen molar-refractivity contribution >= 4 is 39.0 Å². The van der Waals surface area contributed by atoms with Gasteiger partial charge in [-0.25, -0.2) is 12.7 Å². The van der Waals surface area contributed by atoms with Crippen LogP contribution in [0, 0.1) is 0 Å². The number of anilines is 1. The summed E-state index contributed by atoms with van der Waals surface area (Å²) in [7, 11) is -3.64. The first kappa shape index (κ1) is 19.7. The molecule has 1 saturated carbocycles. The molecule has 0 radical (unpaired) electrons. The summed E-state index contributed by atoms with van der Waals surface area (Å²) < 4.78 is 30.0. The molecule has 1 fully saturated rings. The highest BCUT2D eigenvalue weighted by molar-refractivity contribution is 7.93. The molecule has 0 N–H and O–H groups in total. The van der Waals surface area contributed by atoms with Crippen molar-refractivity contribution < 1.29 is 8.42 Å². The number of hydrogen-bond donors (Lipinski definition) is 0. The van der Waals surface area contributed by atoms with E-state index in [2.05, 4.69) is 0 Å². The Morgan fingerprint density at radius 2 is 1.30 bits per heavy atom. The van der Waals surface area contributed by atoms with Gasteiger partial charge in [-0.1, -0.05) is 53.5 Å². The Labute approximate surface area is 184 Å². The van der Waals surface area contributed by atoms with E-state index >= 15 is 0 Å². The highest BCUT2D eigenvalue weighted by Gasteiger charge is 2.51. The first-order valence-corrected chi connectivity index (χ1v) is 11.9. The number of pyridine rings is 1. The Hall–Kier alpha value is -2.28. The van der Waals surface area contributed by atoms with Crippen molar-refractivity contribution in [2.24, 2.45) is 0 Å². The summed E-state index contributed by atoms with van der Waals surface area (Å²) in [6.07, 6.45) is 1.27. The van der Waals surface area contributed by atoms with Crippen molar-refractivity contribution in [3.8, 4) is 0 Å². The minimum Gasteiger partial charge on any atom is -0.284 e. The molecule has 1 aliphatic heterocycles. The van der Waals surface area contributed by atoms with Crippen LogP contribution in [0.1, 0.15) is 36.1 Å². The molecule has 1 aromatic heterocycles. The zero-order valence-electron chi connectivity index (χ0n) is 15.8. The van der Waals surface area contributed by atoms with Gasteiger partial charge in [-0.05, 0) is 54.3 Å². The van der Waals surface area contributed by atoms with Gasteiger partial charge in [0.1, 0.15) is 5.82 Å². The number of sulfonamides is 1. The van der Waals surface area contributed by atoms with E-state index in [1.807, 2.05) is 24.3 Å². The van der Waals surface area contributed by atoms with Gasteiger partial charge in [-0.2, -0.15) is 0 Å². The minimum atomic E-state index is -3.64. The lowest BCUT2D eigenvalue weighted by molar-refractivity contribution is 0.529. The van der Waals surface area contributed by atoms with E-state index < -0.39 is 27.4 Å². The highest BCUT2D eigenvalue weighted by Crippen LogP contribution is 2.50. The normalized spacial score (nSPS) is 20.9. The minimum absolute atomic E-state index is 0.250. The molecule has 5 nitrogen and oxygen atoms in total. The van der Waals surface area contributed by atoms with E-state index in [0.29, 0.717) is 28.7 Å². The van der Waals surface area contributed by atoms with Crippen LogP contribution in [0.25, 0.3) is 0 Å². The largest absolute Gasteiger partial charge is 0.284 e. The van der Waals surface area contributed by atoms with Crippen molar-refractivity contribution in [1.82, 2.24) is 4.57 Å². The van der Waals surface area contributed by atoms with Crippen molar-refractivity contribution in [3.05, 3.63) is 98.3 Å². The topological polar surface area (TPSA) is 59.4 Å². The lowest BCUT2D eigenvalue weighted by Crippen LogP contribution is -2.36. The summed E-state index contributed by atoms with van der Waals surface area (Å²) >= 11 is 12.2. The first-order chi connectivity index (χ1) is 14.4. The van der Waals surface area contributed by atoms with Gasteiger partial charge in [0.15, 0.2) is 0 Å². The number of rotatable bonds is 4. The average molecular weight is 461 g/mol. The molecular weight excluding hydrogens is 443 g/mol. The van der Waals surface area contributed by atoms with Gasteiger partial charge < -0.3 is 0 Å². The monoisotopic (exact) mass is 460 g/mol. The molecule has 0 amide bonds. The van der Waals surface area contributed by atoms with Crippen LogP contribution in [-0.4, -0.2) is 18.2 Å². The second kappa shape index (κ2) is 7.15. The quantitative estimate of drug-likeness (QED) is 0.561. The molecule has 2 heterocycles. The van der Waals surface area contributed by atoms with Crippen LogP contribution in [0.2, 0.25) is 10.0 Å². The molecule has 1 aliphatic carbocycles. The van der Waals surface area contributed by atoms with Gasteiger partial charge in [0.05, 0.1) is 17.3 Å². The number of aromatic nitrogens is 1. The van der Waals surface area contributed by atoms with Crippen LogP contribution >= 0.6 is 23.2 Å². The van der Waals surface area contributed by atoms with E-state index in [-0.39, 0.29) is 5.56 Å². The third-order valence-corrected chi connectivity index (χ3v) is 8.45. The SMILES string of the molecule is O=c1cccc2n1[C@@H](c1ccc(Cl)cc1)[C@@H](c1ccc(Cl)cc1)N2S(=O)(=O)C1CC1. The van der Waals surface area contributed by atoms with Gasteiger partial charge >= 0.3 is 0 Å². The number of nitrogens with zero attached hydrogens (tertiary/aromatic N) is 2. The summed E-state index contributed by atoms with van der Waals surface area (Å²) in [6, 6.07) is 17.9. The number of benzene rings is 2. The molecule has 8 heteroatoms. The van der Waals surface area contributed by atoms with Crippen LogP contribution in [0.4, 0.5) is 5.82 Å². The first-order valence-electron chi connectivity index (χ1n) is 9.63. The predicted octanol–water partition coefficient (Wildman–Crippen LogP) is 4.80. The lowest BCUT2D eigenvalue weighted by Gasteiger charge is -2.29. The second-order valence-electron chi connectivity index (χ2n) is 7.63. The average Bonchev–Trinajstić information content (AvgIpc) is 3.52. The fraction of sp³-hybridized carbons (Fsp3) is 0.227.